The van der Waals surface area contributed by atoms with E-state index in [0.717, 1.165) is 0 Å². The number of Topliss-reactive ketones (excluding diaryl/α,β-unsaturated/α-hetero) is 1. The zero-order valence-corrected chi connectivity index (χ0v) is 11.0. The number of nitrogens with zero attached hydrogens (tertiary/aromatic N) is 1. The average molecular weight is 271 g/mol. The maximum Gasteiger partial charge on any atom is 0.326 e. The first kappa shape index (κ1) is 15.6. The van der Waals surface area contributed by atoms with Crippen molar-refractivity contribution in [3.8, 4) is 0 Å². The van der Waals surface area contributed by atoms with Crippen LogP contribution in [-0.4, -0.2) is 52.8 Å². The molecule has 0 bridgehead atoms. The summed E-state index contributed by atoms with van der Waals surface area (Å²) in [7, 11) is 0. The molecule has 1 unspecified atom stereocenters. The van der Waals surface area contributed by atoms with Crippen molar-refractivity contribution in [3.05, 3.63) is 0 Å². The van der Waals surface area contributed by atoms with Crippen LogP contribution in [0.3, 0.4) is 0 Å². The number of carboxylic acid groups (broad SMARTS) is 1. The van der Waals surface area contributed by atoms with E-state index < -0.39 is 24.0 Å². The highest BCUT2D eigenvalue weighted by Gasteiger charge is 2.36. The van der Waals surface area contributed by atoms with Crippen LogP contribution in [0.2, 0.25) is 0 Å². The minimum Gasteiger partial charge on any atom is -0.480 e. The molecule has 0 saturated carbocycles. The minimum absolute atomic E-state index is 0.0000387. The molecule has 0 aromatic carbocycles. The molecule has 108 valence electrons. The van der Waals surface area contributed by atoms with Crippen molar-refractivity contribution in [2.45, 2.75) is 38.3 Å². The van der Waals surface area contributed by atoms with Crippen LogP contribution in [0.1, 0.15) is 26.2 Å². The minimum atomic E-state index is -0.997. The van der Waals surface area contributed by atoms with Crippen LogP contribution in [0, 0.1) is 5.92 Å². The number of aliphatic carboxylic acids is 1. The lowest BCUT2D eigenvalue weighted by atomic mass is 9.99. The molecule has 5 N–H and O–H groups in total. The third-order valence-corrected chi connectivity index (χ3v) is 3.42. The lowest BCUT2D eigenvalue weighted by molar-refractivity contribution is -0.150. The Balaban J connectivity index is 2.62. The fraction of sp³-hybridized carbons (Fsp3) is 0.750. The molecular formula is C12H21N3O4. The summed E-state index contributed by atoms with van der Waals surface area (Å²) >= 11 is 0. The first-order valence-electron chi connectivity index (χ1n) is 6.40. The zero-order valence-electron chi connectivity index (χ0n) is 11.0. The summed E-state index contributed by atoms with van der Waals surface area (Å²) in [5, 5.41) is 9.03. The van der Waals surface area contributed by atoms with Crippen molar-refractivity contribution >= 4 is 17.7 Å². The fourth-order valence-corrected chi connectivity index (χ4v) is 2.24. The highest BCUT2D eigenvalue weighted by Crippen LogP contribution is 2.21. The normalized spacial score (nSPS) is 22.1. The topological polar surface area (TPSA) is 127 Å². The SMILES string of the molecule is C[C@H](CC(=O)C(N)CN)C(=O)N1CCC[C@H]1C(=O)O. The van der Waals surface area contributed by atoms with Crippen LogP contribution in [0.5, 0.6) is 0 Å². The van der Waals surface area contributed by atoms with Gasteiger partial charge in [0.1, 0.15) is 6.04 Å². The van der Waals surface area contributed by atoms with Gasteiger partial charge in [0.2, 0.25) is 5.91 Å². The Morgan fingerprint density at radius 3 is 2.58 bits per heavy atom. The number of rotatable bonds is 6. The number of carbonyl (C=O) groups is 3. The summed E-state index contributed by atoms with van der Waals surface area (Å²) in [5.74, 6) is -2.13. The third kappa shape index (κ3) is 3.74. The molecule has 1 aliphatic rings. The quantitative estimate of drug-likeness (QED) is 0.565. The molecular weight excluding hydrogens is 250 g/mol. The van der Waals surface area contributed by atoms with E-state index in [2.05, 4.69) is 0 Å². The monoisotopic (exact) mass is 271 g/mol. The van der Waals surface area contributed by atoms with Gasteiger partial charge in [-0.05, 0) is 12.8 Å². The summed E-state index contributed by atoms with van der Waals surface area (Å²) in [4.78, 5) is 36.1. The van der Waals surface area contributed by atoms with E-state index >= 15 is 0 Å². The summed E-state index contributed by atoms with van der Waals surface area (Å²) in [6, 6.07) is -1.53. The molecule has 0 aliphatic carbocycles. The van der Waals surface area contributed by atoms with Gasteiger partial charge in [0.15, 0.2) is 5.78 Å². The molecule has 1 rings (SSSR count). The van der Waals surface area contributed by atoms with Crippen LogP contribution >= 0.6 is 0 Å². The van der Waals surface area contributed by atoms with Crippen molar-refractivity contribution < 1.29 is 19.5 Å². The molecule has 0 aromatic rings. The van der Waals surface area contributed by atoms with Gasteiger partial charge in [-0.1, -0.05) is 6.92 Å². The predicted molar refractivity (Wildman–Crippen MR) is 68.2 cm³/mol. The molecule has 7 nitrogen and oxygen atoms in total. The first-order chi connectivity index (χ1) is 8.88. The lowest BCUT2D eigenvalue weighted by Gasteiger charge is -2.25. The number of hydrogen-bond donors (Lipinski definition) is 3. The van der Waals surface area contributed by atoms with E-state index in [0.29, 0.717) is 19.4 Å². The molecule has 1 aliphatic heterocycles. The van der Waals surface area contributed by atoms with Gasteiger partial charge < -0.3 is 21.5 Å². The Morgan fingerprint density at radius 2 is 2.05 bits per heavy atom. The van der Waals surface area contributed by atoms with E-state index in [-0.39, 0.29) is 24.7 Å². The Kier molecular flexibility index (Phi) is 5.44. The van der Waals surface area contributed by atoms with Crippen molar-refractivity contribution in [1.82, 2.24) is 4.90 Å². The van der Waals surface area contributed by atoms with E-state index in [4.69, 9.17) is 16.6 Å². The number of amides is 1. The van der Waals surface area contributed by atoms with Crippen molar-refractivity contribution in [3.63, 3.8) is 0 Å². The van der Waals surface area contributed by atoms with E-state index in [1.54, 1.807) is 6.92 Å². The maximum absolute atomic E-state index is 12.1. The highest BCUT2D eigenvalue weighted by molar-refractivity contribution is 5.91. The Hall–Kier alpha value is -1.47. The molecule has 3 atom stereocenters. The first-order valence-corrected chi connectivity index (χ1v) is 6.40. The number of carbonyl (C=O) groups excluding carboxylic acids is 2. The Morgan fingerprint density at radius 1 is 1.42 bits per heavy atom. The van der Waals surface area contributed by atoms with Gasteiger partial charge in [-0.3, -0.25) is 9.59 Å². The van der Waals surface area contributed by atoms with Crippen molar-refractivity contribution in [1.29, 1.82) is 0 Å². The Labute approximate surface area is 111 Å². The summed E-state index contributed by atoms with van der Waals surface area (Å²) in [6.07, 6.45) is 1.13. The molecule has 1 fully saturated rings. The molecule has 7 heteroatoms. The van der Waals surface area contributed by atoms with Crippen molar-refractivity contribution in [2.75, 3.05) is 13.1 Å². The molecule has 1 saturated heterocycles. The third-order valence-electron chi connectivity index (χ3n) is 3.42. The highest BCUT2D eigenvalue weighted by atomic mass is 16.4. The average Bonchev–Trinajstić information content (AvgIpc) is 2.85. The lowest BCUT2D eigenvalue weighted by Crippen LogP contribution is -2.45. The largest absolute Gasteiger partial charge is 0.480 e. The van der Waals surface area contributed by atoms with Crippen LogP contribution in [0.25, 0.3) is 0 Å². The van der Waals surface area contributed by atoms with E-state index in [9.17, 15) is 14.4 Å². The van der Waals surface area contributed by atoms with Gasteiger partial charge in [0, 0.05) is 25.4 Å². The predicted octanol–water partition coefficient (Wildman–Crippen LogP) is -1.06. The molecule has 1 amide bonds. The van der Waals surface area contributed by atoms with Gasteiger partial charge in [0.05, 0.1) is 6.04 Å². The zero-order chi connectivity index (χ0) is 14.6. The van der Waals surface area contributed by atoms with Gasteiger partial charge in [-0.15, -0.1) is 0 Å². The van der Waals surface area contributed by atoms with Crippen LogP contribution in [-0.2, 0) is 14.4 Å². The standard InChI is InChI=1S/C12H21N3O4/c1-7(5-10(16)8(14)6-13)11(17)15-4-2-3-9(15)12(18)19/h7-9H,2-6,13-14H2,1H3,(H,18,19)/t7-,8?,9+/m1/s1. The van der Waals surface area contributed by atoms with Crippen LogP contribution in [0.4, 0.5) is 0 Å². The number of likely N-dealkylation sites (tertiary alicyclic amines) is 1. The van der Waals surface area contributed by atoms with Gasteiger partial charge in [-0.2, -0.15) is 0 Å². The Bertz CT molecular complexity index is 372. The van der Waals surface area contributed by atoms with Crippen LogP contribution in [0.15, 0.2) is 0 Å². The molecule has 19 heavy (non-hydrogen) atoms. The molecule has 0 radical (unpaired) electrons. The summed E-state index contributed by atoms with van der Waals surface area (Å²) in [6.45, 7) is 2.08. The number of carboxylic acids is 1. The van der Waals surface area contributed by atoms with Gasteiger partial charge >= 0.3 is 5.97 Å². The second-order valence-corrected chi connectivity index (χ2v) is 4.94. The molecule has 1 heterocycles. The fourth-order valence-electron chi connectivity index (χ4n) is 2.24. The van der Waals surface area contributed by atoms with Crippen molar-refractivity contribution in [2.24, 2.45) is 17.4 Å². The molecule has 0 spiro atoms. The van der Waals surface area contributed by atoms with Gasteiger partial charge in [0.25, 0.3) is 0 Å². The van der Waals surface area contributed by atoms with Crippen LogP contribution < -0.4 is 11.5 Å². The second kappa shape index (κ2) is 6.63. The van der Waals surface area contributed by atoms with E-state index in [1.165, 1.54) is 4.90 Å². The van der Waals surface area contributed by atoms with Gasteiger partial charge in [-0.25, -0.2) is 4.79 Å². The van der Waals surface area contributed by atoms with E-state index in [1.807, 2.05) is 0 Å². The second-order valence-electron chi connectivity index (χ2n) is 4.94. The number of ketones is 1. The maximum atomic E-state index is 12.1. The number of nitrogens with two attached hydrogens (primary N) is 2. The summed E-state index contributed by atoms with van der Waals surface area (Å²) < 4.78 is 0. The number of hydrogen-bond acceptors (Lipinski definition) is 5. The summed E-state index contributed by atoms with van der Waals surface area (Å²) in [5.41, 5.74) is 10.8. The smallest absolute Gasteiger partial charge is 0.326 e. The molecule has 0 aromatic heterocycles.